The van der Waals surface area contributed by atoms with E-state index >= 15 is 0 Å². The van der Waals surface area contributed by atoms with Gasteiger partial charge < -0.3 is 5.32 Å². The molecule has 1 aliphatic carbocycles. The van der Waals surface area contributed by atoms with Gasteiger partial charge in [0.15, 0.2) is 11.6 Å². The average Bonchev–Trinajstić information content (AvgIpc) is 3.10. The van der Waals surface area contributed by atoms with Crippen molar-refractivity contribution in [2.24, 2.45) is 5.41 Å². The van der Waals surface area contributed by atoms with E-state index in [-0.39, 0.29) is 17.1 Å². The van der Waals surface area contributed by atoms with Gasteiger partial charge in [-0.3, -0.25) is 9.89 Å². The number of ketones is 1. The van der Waals surface area contributed by atoms with Crippen LogP contribution in [-0.2, 0) is 4.79 Å². The summed E-state index contributed by atoms with van der Waals surface area (Å²) in [5.41, 5.74) is 6.03. The predicted molar refractivity (Wildman–Crippen MR) is 119 cm³/mol. The molecule has 146 valence electrons. The van der Waals surface area contributed by atoms with Crippen LogP contribution in [-0.4, -0.2) is 16.0 Å². The minimum Gasteiger partial charge on any atom is -0.342 e. The number of nitrogens with zero attached hydrogens (tertiary/aromatic N) is 1. The van der Waals surface area contributed by atoms with E-state index in [4.69, 9.17) is 0 Å². The number of carbonyl (C=O) groups excluding carboxylic acids is 1. The number of halogens is 1. The highest BCUT2D eigenvalue weighted by Gasteiger charge is 2.42. The fourth-order valence-electron chi connectivity index (χ4n) is 4.61. The standard InChI is InChI=1S/C24H22BrN3O/c1-24(2)12-17-20(18(29)13-24)19(14-8-10-16(25)11-9-14)21-22(27-28-23(21)26-17)15-6-4-3-5-7-15/h3-11,19H,12-13H2,1-2H3,(H2,26,27,28)/t19-/m1/s1. The molecule has 2 heterocycles. The van der Waals surface area contributed by atoms with Crippen LogP contribution >= 0.6 is 15.9 Å². The lowest BCUT2D eigenvalue weighted by Gasteiger charge is -2.38. The number of H-pyrrole nitrogens is 1. The largest absolute Gasteiger partial charge is 0.342 e. The summed E-state index contributed by atoms with van der Waals surface area (Å²) in [6.45, 7) is 4.31. The van der Waals surface area contributed by atoms with Gasteiger partial charge in [0.05, 0.1) is 5.69 Å². The fourth-order valence-corrected chi connectivity index (χ4v) is 4.87. The Labute approximate surface area is 178 Å². The van der Waals surface area contributed by atoms with E-state index in [9.17, 15) is 4.79 Å². The van der Waals surface area contributed by atoms with Crippen LogP contribution in [0.15, 0.2) is 70.3 Å². The summed E-state index contributed by atoms with van der Waals surface area (Å²) < 4.78 is 1.02. The van der Waals surface area contributed by atoms with E-state index in [1.807, 2.05) is 30.3 Å². The lowest BCUT2D eigenvalue weighted by atomic mass is 9.69. The third kappa shape index (κ3) is 3.14. The highest BCUT2D eigenvalue weighted by molar-refractivity contribution is 9.10. The van der Waals surface area contributed by atoms with Crippen LogP contribution in [0.5, 0.6) is 0 Å². The maximum atomic E-state index is 13.3. The predicted octanol–water partition coefficient (Wildman–Crippen LogP) is 6.04. The van der Waals surface area contributed by atoms with Gasteiger partial charge >= 0.3 is 0 Å². The molecule has 0 saturated heterocycles. The Hall–Kier alpha value is -2.66. The molecule has 0 bridgehead atoms. The van der Waals surface area contributed by atoms with Gasteiger partial charge in [-0.05, 0) is 35.1 Å². The topological polar surface area (TPSA) is 57.8 Å². The van der Waals surface area contributed by atoms with Crippen molar-refractivity contribution >= 4 is 27.5 Å². The number of allylic oxidation sites excluding steroid dienone is 2. The monoisotopic (exact) mass is 447 g/mol. The van der Waals surface area contributed by atoms with Crippen molar-refractivity contribution in [1.29, 1.82) is 0 Å². The van der Waals surface area contributed by atoms with Crippen LogP contribution in [0, 0.1) is 5.41 Å². The van der Waals surface area contributed by atoms with Gasteiger partial charge in [0, 0.05) is 33.6 Å². The molecular weight excluding hydrogens is 426 g/mol. The summed E-state index contributed by atoms with van der Waals surface area (Å²) in [6.07, 6.45) is 1.41. The van der Waals surface area contributed by atoms with E-state index in [0.717, 1.165) is 50.4 Å². The first-order valence-electron chi connectivity index (χ1n) is 9.85. The molecule has 3 aromatic rings. The number of aromatic nitrogens is 2. The Morgan fingerprint density at radius 1 is 1.03 bits per heavy atom. The summed E-state index contributed by atoms with van der Waals surface area (Å²) in [7, 11) is 0. The molecule has 29 heavy (non-hydrogen) atoms. The second kappa shape index (κ2) is 6.70. The van der Waals surface area contributed by atoms with Crippen molar-refractivity contribution in [2.75, 3.05) is 5.32 Å². The van der Waals surface area contributed by atoms with Gasteiger partial charge in [-0.1, -0.05) is 72.2 Å². The van der Waals surface area contributed by atoms with E-state index in [1.165, 1.54) is 0 Å². The van der Waals surface area contributed by atoms with Crippen LogP contribution < -0.4 is 5.32 Å². The third-order valence-electron chi connectivity index (χ3n) is 5.84. The van der Waals surface area contributed by atoms with Crippen molar-refractivity contribution in [3.63, 3.8) is 0 Å². The molecule has 5 rings (SSSR count). The Morgan fingerprint density at radius 2 is 1.76 bits per heavy atom. The van der Waals surface area contributed by atoms with Gasteiger partial charge in [-0.25, -0.2) is 0 Å². The highest BCUT2D eigenvalue weighted by Crippen LogP contribution is 2.50. The minimum absolute atomic E-state index is 0.0523. The van der Waals surface area contributed by atoms with Crippen molar-refractivity contribution in [3.8, 4) is 11.3 Å². The number of rotatable bonds is 2. The van der Waals surface area contributed by atoms with E-state index in [1.54, 1.807) is 0 Å². The molecular formula is C24H22BrN3O. The summed E-state index contributed by atoms with van der Waals surface area (Å²) >= 11 is 3.53. The highest BCUT2D eigenvalue weighted by atomic mass is 79.9. The number of Topliss-reactive ketones (excluding diaryl/α,β-unsaturated/α-hetero) is 1. The molecule has 1 aliphatic heterocycles. The van der Waals surface area contributed by atoms with Gasteiger partial charge in [-0.2, -0.15) is 5.10 Å². The zero-order valence-electron chi connectivity index (χ0n) is 16.4. The second-order valence-electron chi connectivity index (χ2n) is 8.67. The number of anilines is 1. The quantitative estimate of drug-likeness (QED) is 0.503. The molecule has 0 fully saturated rings. The summed E-state index contributed by atoms with van der Waals surface area (Å²) in [5.74, 6) is 0.912. The number of carbonyl (C=O) groups is 1. The van der Waals surface area contributed by atoms with E-state index < -0.39 is 0 Å². The van der Waals surface area contributed by atoms with E-state index in [2.05, 4.69) is 69.6 Å². The molecule has 1 atom stereocenters. The van der Waals surface area contributed by atoms with Crippen LogP contribution in [0.2, 0.25) is 0 Å². The van der Waals surface area contributed by atoms with Crippen LogP contribution in [0.25, 0.3) is 11.3 Å². The number of benzene rings is 2. The zero-order chi connectivity index (χ0) is 20.2. The van der Waals surface area contributed by atoms with Gasteiger partial charge in [0.1, 0.15) is 0 Å². The van der Waals surface area contributed by atoms with Crippen LogP contribution in [0.4, 0.5) is 5.82 Å². The molecule has 0 spiro atoms. The Kier molecular flexibility index (Phi) is 4.24. The molecule has 0 unspecified atom stereocenters. The normalized spacial score (nSPS) is 20.1. The summed E-state index contributed by atoms with van der Waals surface area (Å²) in [5, 5.41) is 11.3. The molecule has 4 nitrogen and oxygen atoms in total. The lowest BCUT2D eigenvalue weighted by Crippen LogP contribution is -2.33. The SMILES string of the molecule is CC1(C)CC(=O)C2=C(C1)Nc1n[nH]c(-c3ccccc3)c1[C@@H]2c1ccc(Br)cc1. The molecule has 0 saturated carbocycles. The van der Waals surface area contributed by atoms with E-state index in [0.29, 0.717) is 6.42 Å². The summed E-state index contributed by atoms with van der Waals surface area (Å²) in [6, 6.07) is 18.5. The van der Waals surface area contributed by atoms with Crippen molar-refractivity contribution in [2.45, 2.75) is 32.6 Å². The van der Waals surface area contributed by atoms with Gasteiger partial charge in [0.2, 0.25) is 0 Å². The van der Waals surface area contributed by atoms with Crippen molar-refractivity contribution in [1.82, 2.24) is 10.2 Å². The molecule has 1 aromatic heterocycles. The van der Waals surface area contributed by atoms with Crippen molar-refractivity contribution in [3.05, 3.63) is 81.5 Å². The number of hydrogen-bond acceptors (Lipinski definition) is 3. The van der Waals surface area contributed by atoms with Gasteiger partial charge in [-0.15, -0.1) is 0 Å². The summed E-state index contributed by atoms with van der Waals surface area (Å²) in [4.78, 5) is 13.3. The molecule has 2 aliphatic rings. The minimum atomic E-state index is -0.132. The maximum Gasteiger partial charge on any atom is 0.162 e. The number of hydrogen-bond donors (Lipinski definition) is 2. The number of aromatic amines is 1. The first kappa shape index (κ1) is 18.4. The molecule has 0 amide bonds. The molecule has 5 heteroatoms. The zero-order valence-corrected chi connectivity index (χ0v) is 18.0. The Balaban J connectivity index is 1.74. The van der Waals surface area contributed by atoms with Crippen molar-refractivity contribution < 1.29 is 4.79 Å². The maximum absolute atomic E-state index is 13.3. The molecule has 0 radical (unpaired) electrons. The van der Waals surface area contributed by atoms with Crippen LogP contribution in [0.3, 0.4) is 0 Å². The third-order valence-corrected chi connectivity index (χ3v) is 6.37. The smallest absolute Gasteiger partial charge is 0.162 e. The first-order valence-corrected chi connectivity index (χ1v) is 10.6. The lowest BCUT2D eigenvalue weighted by molar-refractivity contribution is -0.118. The molecule has 2 N–H and O–H groups in total. The first-order chi connectivity index (χ1) is 13.9. The van der Waals surface area contributed by atoms with Crippen LogP contribution in [0.1, 0.15) is 43.7 Å². The molecule has 2 aromatic carbocycles. The van der Waals surface area contributed by atoms with Gasteiger partial charge in [0.25, 0.3) is 0 Å². The fraction of sp³-hybridized carbons (Fsp3) is 0.250. The Morgan fingerprint density at radius 3 is 2.48 bits per heavy atom. The Bertz CT molecular complexity index is 1130. The second-order valence-corrected chi connectivity index (χ2v) is 9.59. The number of fused-ring (bicyclic) bond motifs is 1. The average molecular weight is 448 g/mol. The number of nitrogens with one attached hydrogen (secondary N) is 2.